The van der Waals surface area contributed by atoms with Crippen molar-refractivity contribution < 1.29 is 27.5 Å². The summed E-state index contributed by atoms with van der Waals surface area (Å²) >= 11 is 0. The summed E-state index contributed by atoms with van der Waals surface area (Å²) in [6.07, 6.45) is 0.606. The number of amides is 3. The van der Waals surface area contributed by atoms with Crippen LogP contribution in [-0.4, -0.2) is 56.9 Å². The summed E-state index contributed by atoms with van der Waals surface area (Å²) < 4.78 is 33.1. The Morgan fingerprint density at radius 3 is 2.12 bits per heavy atom. The molecule has 0 aliphatic carbocycles. The third kappa shape index (κ3) is 6.77. The second-order valence-electron chi connectivity index (χ2n) is 9.03. The van der Waals surface area contributed by atoms with Gasteiger partial charge in [-0.05, 0) is 68.7 Å². The van der Waals surface area contributed by atoms with Crippen LogP contribution in [0.4, 0.5) is 4.79 Å². The van der Waals surface area contributed by atoms with Gasteiger partial charge < -0.3 is 10.1 Å². The number of hydrogen-bond donors (Lipinski definition) is 2. The molecule has 2 N–H and O–H groups in total. The molecule has 1 aliphatic rings. The minimum atomic E-state index is -3.70. The fourth-order valence-electron chi connectivity index (χ4n) is 3.79. The number of hydrogen-bond acceptors (Lipinski definition) is 6. The van der Waals surface area contributed by atoms with E-state index in [1.807, 2.05) is 47.6 Å². The standard InChI is InChI=1S/C23H35N3O6S/c1-14(2)12-24-23(29)25-20(27)13-32-22(28)19-7-9-26(10-8-19)33(30,31)21-17(5)15(3)11-16(4)18(21)6/h11,14,19H,7-10,12-13H2,1-6H3,(H2,24,25,27,29). The second-order valence-corrected chi connectivity index (χ2v) is 10.9. The Labute approximate surface area is 196 Å². The number of nitrogens with zero attached hydrogens (tertiary/aromatic N) is 1. The molecule has 0 spiro atoms. The van der Waals surface area contributed by atoms with Gasteiger partial charge in [0.05, 0.1) is 10.8 Å². The molecule has 2 rings (SSSR count). The molecule has 0 aromatic heterocycles. The quantitative estimate of drug-likeness (QED) is 0.577. The topological polar surface area (TPSA) is 122 Å². The second kappa shape index (κ2) is 11.1. The van der Waals surface area contributed by atoms with Gasteiger partial charge in [0.1, 0.15) is 0 Å². The van der Waals surface area contributed by atoms with E-state index >= 15 is 0 Å². The van der Waals surface area contributed by atoms with Gasteiger partial charge in [-0.1, -0.05) is 19.9 Å². The first-order valence-corrected chi connectivity index (χ1v) is 12.6. The number of carbonyl (C=O) groups is 3. The van der Waals surface area contributed by atoms with Crippen molar-refractivity contribution in [2.24, 2.45) is 11.8 Å². The lowest BCUT2D eigenvalue weighted by atomic mass is 9.98. The summed E-state index contributed by atoms with van der Waals surface area (Å²) in [7, 11) is -3.70. The Bertz CT molecular complexity index is 985. The minimum absolute atomic E-state index is 0.192. The number of rotatable bonds is 7. The summed E-state index contributed by atoms with van der Waals surface area (Å²) in [5, 5.41) is 4.64. The molecule has 1 saturated heterocycles. The molecule has 1 aliphatic heterocycles. The fraction of sp³-hybridized carbons (Fsp3) is 0.609. The SMILES string of the molecule is Cc1cc(C)c(C)c(S(=O)(=O)N2CCC(C(=O)OCC(=O)NC(=O)NCC(C)C)CC2)c1C. The summed E-state index contributed by atoms with van der Waals surface area (Å²) in [5.74, 6) is -1.55. The third-order valence-electron chi connectivity index (χ3n) is 5.95. The molecule has 0 atom stereocenters. The monoisotopic (exact) mass is 481 g/mol. The first-order chi connectivity index (χ1) is 15.3. The van der Waals surface area contributed by atoms with E-state index in [-0.39, 0.29) is 19.0 Å². The van der Waals surface area contributed by atoms with E-state index in [1.54, 1.807) is 0 Å². The van der Waals surface area contributed by atoms with Gasteiger partial charge >= 0.3 is 12.0 Å². The van der Waals surface area contributed by atoms with Crippen LogP contribution in [0.15, 0.2) is 11.0 Å². The molecule has 0 bridgehead atoms. The minimum Gasteiger partial charge on any atom is -0.455 e. The van der Waals surface area contributed by atoms with Crippen LogP contribution in [0, 0.1) is 39.5 Å². The van der Waals surface area contributed by atoms with Crippen molar-refractivity contribution in [2.45, 2.75) is 59.3 Å². The summed E-state index contributed by atoms with van der Waals surface area (Å²) in [4.78, 5) is 36.1. The summed E-state index contributed by atoms with van der Waals surface area (Å²) in [6, 6.07) is 1.34. The highest BCUT2D eigenvalue weighted by molar-refractivity contribution is 7.89. The number of imide groups is 1. The molecular weight excluding hydrogens is 446 g/mol. The molecule has 0 saturated carbocycles. The lowest BCUT2D eigenvalue weighted by Crippen LogP contribution is -2.43. The zero-order chi connectivity index (χ0) is 24.9. The van der Waals surface area contributed by atoms with E-state index in [2.05, 4.69) is 10.6 Å². The Kier molecular flexibility index (Phi) is 9.02. The molecule has 0 radical (unpaired) electrons. The van der Waals surface area contributed by atoms with Crippen LogP contribution >= 0.6 is 0 Å². The van der Waals surface area contributed by atoms with Gasteiger partial charge in [-0.15, -0.1) is 0 Å². The van der Waals surface area contributed by atoms with E-state index in [0.29, 0.717) is 24.3 Å². The first kappa shape index (κ1) is 26.8. The van der Waals surface area contributed by atoms with E-state index < -0.39 is 40.5 Å². The normalized spacial score (nSPS) is 15.4. The highest BCUT2D eigenvalue weighted by Crippen LogP contribution is 2.31. The molecular formula is C23H35N3O6S. The highest BCUT2D eigenvalue weighted by atomic mass is 32.2. The van der Waals surface area contributed by atoms with Gasteiger partial charge in [0.2, 0.25) is 10.0 Å². The summed E-state index contributed by atoms with van der Waals surface area (Å²) in [5.41, 5.74) is 3.32. The van der Waals surface area contributed by atoms with Crippen molar-refractivity contribution >= 4 is 27.9 Å². The Morgan fingerprint density at radius 1 is 1.06 bits per heavy atom. The van der Waals surface area contributed by atoms with Crippen LogP contribution in [0.2, 0.25) is 0 Å². The molecule has 3 amide bonds. The smallest absolute Gasteiger partial charge is 0.321 e. The highest BCUT2D eigenvalue weighted by Gasteiger charge is 2.35. The van der Waals surface area contributed by atoms with Crippen molar-refractivity contribution in [1.82, 2.24) is 14.9 Å². The predicted molar refractivity (Wildman–Crippen MR) is 124 cm³/mol. The Balaban J connectivity index is 1.91. The number of aryl methyl sites for hydroxylation is 2. The molecule has 184 valence electrons. The molecule has 1 aromatic carbocycles. The number of piperidine rings is 1. The van der Waals surface area contributed by atoms with Gasteiger partial charge in [0.15, 0.2) is 6.61 Å². The van der Waals surface area contributed by atoms with Crippen molar-refractivity contribution in [1.29, 1.82) is 0 Å². The summed E-state index contributed by atoms with van der Waals surface area (Å²) in [6.45, 7) is 11.5. The zero-order valence-corrected chi connectivity index (χ0v) is 21.1. The molecule has 1 heterocycles. The predicted octanol–water partition coefficient (Wildman–Crippen LogP) is 2.35. The number of sulfonamides is 1. The van der Waals surface area contributed by atoms with Gasteiger partial charge in [0.25, 0.3) is 5.91 Å². The number of ether oxygens (including phenoxy) is 1. The van der Waals surface area contributed by atoms with Gasteiger partial charge in [-0.3, -0.25) is 14.9 Å². The van der Waals surface area contributed by atoms with Gasteiger partial charge in [-0.25, -0.2) is 13.2 Å². The van der Waals surface area contributed by atoms with Crippen LogP contribution in [0.5, 0.6) is 0 Å². The molecule has 1 aromatic rings. The maximum Gasteiger partial charge on any atom is 0.321 e. The molecule has 9 nitrogen and oxygen atoms in total. The zero-order valence-electron chi connectivity index (χ0n) is 20.3. The van der Waals surface area contributed by atoms with Crippen molar-refractivity contribution in [3.8, 4) is 0 Å². The Hall–Kier alpha value is -2.46. The molecule has 10 heteroatoms. The van der Waals surface area contributed by atoms with Crippen LogP contribution in [-0.2, 0) is 24.3 Å². The van der Waals surface area contributed by atoms with E-state index in [0.717, 1.165) is 22.3 Å². The van der Waals surface area contributed by atoms with Crippen molar-refractivity contribution in [2.75, 3.05) is 26.2 Å². The average Bonchev–Trinajstić information content (AvgIpc) is 2.74. The van der Waals surface area contributed by atoms with Crippen molar-refractivity contribution in [3.63, 3.8) is 0 Å². The largest absolute Gasteiger partial charge is 0.455 e. The lowest BCUT2D eigenvalue weighted by Gasteiger charge is -2.31. The van der Waals surface area contributed by atoms with Crippen LogP contribution < -0.4 is 10.6 Å². The molecule has 33 heavy (non-hydrogen) atoms. The average molecular weight is 482 g/mol. The number of nitrogens with one attached hydrogen (secondary N) is 2. The number of urea groups is 1. The number of benzene rings is 1. The van der Waals surface area contributed by atoms with Crippen LogP contribution in [0.3, 0.4) is 0 Å². The van der Waals surface area contributed by atoms with Gasteiger partial charge in [0, 0.05) is 19.6 Å². The first-order valence-electron chi connectivity index (χ1n) is 11.2. The van der Waals surface area contributed by atoms with Crippen molar-refractivity contribution in [3.05, 3.63) is 28.3 Å². The van der Waals surface area contributed by atoms with Crippen LogP contribution in [0.1, 0.15) is 48.9 Å². The number of carbonyl (C=O) groups excluding carboxylic acids is 3. The maximum atomic E-state index is 13.3. The fourth-order valence-corrected chi connectivity index (χ4v) is 5.83. The van der Waals surface area contributed by atoms with Gasteiger partial charge in [-0.2, -0.15) is 4.31 Å². The van der Waals surface area contributed by atoms with Crippen LogP contribution in [0.25, 0.3) is 0 Å². The van der Waals surface area contributed by atoms with E-state index in [9.17, 15) is 22.8 Å². The Morgan fingerprint density at radius 2 is 1.61 bits per heavy atom. The van der Waals surface area contributed by atoms with E-state index in [4.69, 9.17) is 4.74 Å². The third-order valence-corrected chi connectivity index (χ3v) is 8.12. The number of esters is 1. The maximum absolute atomic E-state index is 13.3. The molecule has 1 fully saturated rings. The van der Waals surface area contributed by atoms with E-state index in [1.165, 1.54) is 4.31 Å². The lowest BCUT2D eigenvalue weighted by molar-refractivity contribution is -0.153. The molecule has 0 unspecified atom stereocenters.